The van der Waals surface area contributed by atoms with Crippen molar-refractivity contribution >= 4 is 24.8 Å². The van der Waals surface area contributed by atoms with Crippen molar-refractivity contribution in [2.75, 3.05) is 0 Å². The molecule has 1 heterocycles. The first-order chi connectivity index (χ1) is 5.31. The van der Waals surface area contributed by atoms with E-state index in [2.05, 4.69) is 4.98 Å². The van der Waals surface area contributed by atoms with Crippen molar-refractivity contribution in [2.45, 2.75) is 32.2 Å². The topological polar surface area (TPSA) is 52.0 Å². The molecule has 1 aromatic heterocycles. The Kier molecular flexibility index (Phi) is 4.75. The molecule has 0 spiro atoms. The molecule has 0 radical (unpaired) electrons. The Labute approximate surface area is 89.9 Å². The van der Waals surface area contributed by atoms with Gasteiger partial charge >= 0.3 is 0 Å². The highest BCUT2D eigenvalue weighted by Crippen LogP contribution is 2.39. The van der Waals surface area contributed by atoms with Crippen molar-refractivity contribution < 1.29 is 4.42 Å². The maximum atomic E-state index is 5.46. The molecular weight excluding hydrogens is 211 g/mol. The van der Waals surface area contributed by atoms with Crippen LogP contribution in [0.5, 0.6) is 0 Å². The SMILES string of the molecule is Cc1oc(C2CC2)nc1CN.Cl.Cl. The van der Waals surface area contributed by atoms with Gasteiger partial charge in [0, 0.05) is 12.5 Å². The maximum absolute atomic E-state index is 5.46. The zero-order valence-electron chi connectivity index (χ0n) is 7.45. The largest absolute Gasteiger partial charge is 0.445 e. The second-order valence-electron chi connectivity index (χ2n) is 3.03. The second-order valence-corrected chi connectivity index (χ2v) is 3.03. The highest BCUT2D eigenvalue weighted by molar-refractivity contribution is 5.85. The van der Waals surface area contributed by atoms with Gasteiger partial charge in [-0.3, -0.25) is 0 Å². The number of rotatable bonds is 2. The third-order valence-corrected chi connectivity index (χ3v) is 2.03. The van der Waals surface area contributed by atoms with E-state index < -0.39 is 0 Å². The highest BCUT2D eigenvalue weighted by atomic mass is 35.5. The first-order valence-electron chi connectivity index (χ1n) is 3.97. The summed E-state index contributed by atoms with van der Waals surface area (Å²) in [6, 6.07) is 0. The van der Waals surface area contributed by atoms with Crippen LogP contribution in [0.2, 0.25) is 0 Å². The van der Waals surface area contributed by atoms with Crippen LogP contribution in [0.3, 0.4) is 0 Å². The van der Waals surface area contributed by atoms with Crippen LogP contribution in [0.15, 0.2) is 4.42 Å². The van der Waals surface area contributed by atoms with E-state index in [1.165, 1.54) is 12.8 Å². The average molecular weight is 225 g/mol. The number of nitrogens with two attached hydrogens (primary N) is 1. The molecule has 13 heavy (non-hydrogen) atoms. The lowest BCUT2D eigenvalue weighted by Crippen LogP contribution is -1.98. The summed E-state index contributed by atoms with van der Waals surface area (Å²) in [6.45, 7) is 2.41. The van der Waals surface area contributed by atoms with Crippen LogP contribution in [0.25, 0.3) is 0 Å². The summed E-state index contributed by atoms with van der Waals surface area (Å²) < 4.78 is 5.44. The monoisotopic (exact) mass is 224 g/mol. The Morgan fingerprint density at radius 3 is 2.46 bits per heavy atom. The van der Waals surface area contributed by atoms with Crippen LogP contribution < -0.4 is 5.73 Å². The fraction of sp³-hybridized carbons (Fsp3) is 0.625. The van der Waals surface area contributed by atoms with Crippen molar-refractivity contribution in [1.82, 2.24) is 4.98 Å². The number of aromatic nitrogens is 1. The Morgan fingerprint density at radius 2 is 2.08 bits per heavy atom. The highest BCUT2D eigenvalue weighted by Gasteiger charge is 2.29. The van der Waals surface area contributed by atoms with Gasteiger partial charge in [0.1, 0.15) is 5.76 Å². The van der Waals surface area contributed by atoms with E-state index >= 15 is 0 Å². The number of oxazole rings is 1. The third kappa shape index (κ3) is 2.59. The summed E-state index contributed by atoms with van der Waals surface area (Å²) in [6.07, 6.45) is 2.45. The lowest BCUT2D eigenvalue weighted by atomic mass is 10.4. The Bertz CT molecular complexity index is 271. The second kappa shape index (κ2) is 4.84. The van der Waals surface area contributed by atoms with Gasteiger partial charge in [0.05, 0.1) is 5.69 Å². The summed E-state index contributed by atoms with van der Waals surface area (Å²) in [4.78, 5) is 4.30. The number of hydrogen-bond acceptors (Lipinski definition) is 3. The molecule has 5 heteroatoms. The van der Waals surface area contributed by atoms with Gasteiger partial charge in [-0.25, -0.2) is 4.98 Å². The van der Waals surface area contributed by atoms with Gasteiger partial charge in [-0.05, 0) is 19.8 Å². The molecule has 0 atom stereocenters. The molecule has 3 nitrogen and oxygen atoms in total. The van der Waals surface area contributed by atoms with E-state index in [1.54, 1.807) is 0 Å². The van der Waals surface area contributed by atoms with E-state index in [4.69, 9.17) is 10.2 Å². The Morgan fingerprint density at radius 1 is 1.46 bits per heavy atom. The van der Waals surface area contributed by atoms with Gasteiger partial charge in [-0.15, -0.1) is 24.8 Å². The summed E-state index contributed by atoms with van der Waals surface area (Å²) in [5.74, 6) is 2.37. The minimum Gasteiger partial charge on any atom is -0.445 e. The van der Waals surface area contributed by atoms with Crippen LogP contribution in [0.1, 0.15) is 36.1 Å². The Balaban J connectivity index is 0.000000720. The summed E-state index contributed by atoms with van der Waals surface area (Å²) >= 11 is 0. The minimum atomic E-state index is 0. The molecule has 2 rings (SSSR count). The number of nitrogens with zero attached hydrogens (tertiary/aromatic N) is 1. The molecule has 0 amide bonds. The quantitative estimate of drug-likeness (QED) is 0.838. The van der Waals surface area contributed by atoms with Crippen molar-refractivity contribution in [3.05, 3.63) is 17.3 Å². The molecule has 1 aliphatic rings. The zero-order valence-corrected chi connectivity index (χ0v) is 9.08. The summed E-state index contributed by atoms with van der Waals surface area (Å²) in [7, 11) is 0. The van der Waals surface area contributed by atoms with Gasteiger partial charge < -0.3 is 10.2 Å². The molecule has 76 valence electrons. The van der Waals surface area contributed by atoms with Gasteiger partial charge in [0.2, 0.25) is 0 Å². The molecule has 0 saturated heterocycles. The fourth-order valence-electron chi connectivity index (χ4n) is 1.14. The lowest BCUT2D eigenvalue weighted by molar-refractivity contribution is 0.472. The molecule has 0 unspecified atom stereocenters. The van der Waals surface area contributed by atoms with Gasteiger partial charge in [0.15, 0.2) is 5.89 Å². The van der Waals surface area contributed by atoms with Crippen molar-refractivity contribution in [3.8, 4) is 0 Å². The number of aryl methyl sites for hydroxylation is 1. The normalized spacial score (nSPS) is 14.6. The molecular formula is C8H14Cl2N2O. The average Bonchev–Trinajstić information content (AvgIpc) is 2.76. The Hall–Kier alpha value is -0.250. The minimum absolute atomic E-state index is 0. The molecule has 1 aromatic rings. The van der Waals surface area contributed by atoms with E-state index in [-0.39, 0.29) is 24.8 Å². The van der Waals surface area contributed by atoms with Crippen molar-refractivity contribution in [3.63, 3.8) is 0 Å². The van der Waals surface area contributed by atoms with Crippen LogP contribution >= 0.6 is 24.8 Å². The van der Waals surface area contributed by atoms with Gasteiger partial charge in [-0.1, -0.05) is 0 Å². The summed E-state index contributed by atoms with van der Waals surface area (Å²) in [5.41, 5.74) is 6.37. The number of halogens is 2. The lowest BCUT2D eigenvalue weighted by Gasteiger charge is -1.84. The molecule has 2 N–H and O–H groups in total. The standard InChI is InChI=1S/C8H12N2O.2ClH/c1-5-7(4-9)10-8(11-5)6-2-3-6;;/h6H,2-4,9H2,1H3;2*1H. The van der Waals surface area contributed by atoms with Gasteiger partial charge in [0.25, 0.3) is 0 Å². The van der Waals surface area contributed by atoms with Crippen LogP contribution in [0.4, 0.5) is 0 Å². The van der Waals surface area contributed by atoms with E-state index in [0.29, 0.717) is 12.5 Å². The van der Waals surface area contributed by atoms with E-state index in [0.717, 1.165) is 17.3 Å². The predicted octanol–water partition coefficient (Wildman–Crippen LogP) is 2.16. The molecule has 1 saturated carbocycles. The molecule has 0 aliphatic heterocycles. The smallest absolute Gasteiger partial charge is 0.197 e. The van der Waals surface area contributed by atoms with E-state index in [9.17, 15) is 0 Å². The first-order valence-corrected chi connectivity index (χ1v) is 3.97. The van der Waals surface area contributed by atoms with Gasteiger partial charge in [-0.2, -0.15) is 0 Å². The number of hydrogen-bond donors (Lipinski definition) is 1. The fourth-order valence-corrected chi connectivity index (χ4v) is 1.14. The molecule has 0 aromatic carbocycles. The third-order valence-electron chi connectivity index (χ3n) is 2.03. The zero-order chi connectivity index (χ0) is 7.84. The molecule has 1 fully saturated rings. The van der Waals surface area contributed by atoms with Crippen LogP contribution in [-0.2, 0) is 6.54 Å². The maximum Gasteiger partial charge on any atom is 0.197 e. The van der Waals surface area contributed by atoms with Crippen molar-refractivity contribution in [1.29, 1.82) is 0 Å². The van der Waals surface area contributed by atoms with Crippen molar-refractivity contribution in [2.24, 2.45) is 5.73 Å². The van der Waals surface area contributed by atoms with E-state index in [1.807, 2.05) is 6.92 Å². The first kappa shape index (κ1) is 12.8. The van der Waals surface area contributed by atoms with Crippen LogP contribution in [-0.4, -0.2) is 4.98 Å². The molecule has 0 bridgehead atoms. The van der Waals surface area contributed by atoms with Crippen LogP contribution in [0, 0.1) is 6.92 Å². The predicted molar refractivity (Wildman–Crippen MR) is 55.6 cm³/mol. The summed E-state index contributed by atoms with van der Waals surface area (Å²) in [5, 5.41) is 0. The molecule has 1 aliphatic carbocycles.